The van der Waals surface area contributed by atoms with Crippen LogP contribution in [0.4, 0.5) is 4.79 Å². The quantitative estimate of drug-likeness (QED) is 0.876. The zero-order valence-corrected chi connectivity index (χ0v) is 11.8. The fraction of sp³-hybridized carbons (Fsp3) is 0.417. The van der Waals surface area contributed by atoms with Gasteiger partial charge in [-0.15, -0.1) is 11.3 Å². The van der Waals surface area contributed by atoms with Crippen LogP contribution in [0.1, 0.15) is 22.5 Å². The first-order valence-electron chi connectivity index (χ1n) is 6.10. The molecule has 0 saturated heterocycles. The smallest absolute Gasteiger partial charge is 0.317 e. The Balaban J connectivity index is 1.80. The summed E-state index contributed by atoms with van der Waals surface area (Å²) < 4.78 is 0. The zero-order chi connectivity index (χ0) is 13.7. The predicted octanol–water partition coefficient (Wildman–Crippen LogP) is 1.77. The van der Waals surface area contributed by atoms with Gasteiger partial charge in [0.2, 0.25) is 0 Å². The van der Waals surface area contributed by atoms with Gasteiger partial charge in [-0.2, -0.15) is 5.10 Å². The van der Waals surface area contributed by atoms with Crippen molar-refractivity contribution in [2.45, 2.75) is 26.4 Å². The summed E-state index contributed by atoms with van der Waals surface area (Å²) in [6, 6.07) is 4.03. The van der Waals surface area contributed by atoms with E-state index in [4.69, 9.17) is 0 Å². The molecule has 2 heterocycles. The van der Waals surface area contributed by atoms with Crippen LogP contribution in [-0.4, -0.2) is 33.2 Å². The van der Waals surface area contributed by atoms with Crippen molar-refractivity contribution < 1.29 is 4.79 Å². The van der Waals surface area contributed by atoms with E-state index in [1.54, 1.807) is 23.3 Å². The number of aryl methyl sites for hydroxylation is 1. The summed E-state index contributed by atoms with van der Waals surface area (Å²) in [7, 11) is 1.73. The number of urea groups is 1. The summed E-state index contributed by atoms with van der Waals surface area (Å²) in [6.07, 6.45) is 2.46. The van der Waals surface area contributed by atoms with Crippen LogP contribution < -0.4 is 5.32 Å². The van der Waals surface area contributed by atoms with Crippen LogP contribution in [0.5, 0.6) is 0 Å². The van der Waals surface area contributed by atoms with Crippen molar-refractivity contribution in [3.8, 4) is 0 Å². The van der Waals surface area contributed by atoms with Crippen LogP contribution in [0.25, 0.3) is 0 Å². The Labute approximate surface area is 115 Å². The van der Waals surface area contributed by atoms with E-state index in [-0.39, 0.29) is 6.03 Å². The highest BCUT2D eigenvalue weighted by molar-refractivity contribution is 7.11. The first-order chi connectivity index (χ1) is 9.19. The maximum absolute atomic E-state index is 11.9. The molecule has 2 amide bonds. The molecule has 0 atom stereocenters. The van der Waals surface area contributed by atoms with E-state index in [0.29, 0.717) is 18.9 Å². The lowest BCUT2D eigenvalue weighted by molar-refractivity contribution is 0.205. The third kappa shape index (κ3) is 3.78. The van der Waals surface area contributed by atoms with Crippen molar-refractivity contribution in [1.82, 2.24) is 25.4 Å². The number of hydrogen-bond donors (Lipinski definition) is 2. The second-order valence-electron chi connectivity index (χ2n) is 4.17. The Bertz CT molecular complexity index is 522. The van der Waals surface area contributed by atoms with Gasteiger partial charge < -0.3 is 10.2 Å². The van der Waals surface area contributed by atoms with Crippen LogP contribution >= 0.6 is 11.3 Å². The molecule has 0 saturated carbocycles. The van der Waals surface area contributed by atoms with E-state index in [9.17, 15) is 4.79 Å². The standard InChI is InChI=1S/C12H17N5OS/c1-3-9-4-5-10(19-9)6-13-12(18)17(2)7-11-14-8-15-16-11/h4-5,8H,3,6-7H2,1-2H3,(H,13,18)(H,14,15,16). The summed E-state index contributed by atoms with van der Waals surface area (Å²) in [6.45, 7) is 3.10. The first kappa shape index (κ1) is 13.5. The van der Waals surface area contributed by atoms with Crippen LogP contribution in [0, 0.1) is 0 Å². The second kappa shape index (κ2) is 6.33. The molecule has 0 bridgehead atoms. The average Bonchev–Trinajstić information content (AvgIpc) is 3.06. The van der Waals surface area contributed by atoms with Crippen molar-refractivity contribution in [2.75, 3.05) is 7.05 Å². The molecule has 0 aliphatic heterocycles. The Morgan fingerprint density at radius 1 is 1.47 bits per heavy atom. The van der Waals surface area contributed by atoms with Crippen molar-refractivity contribution in [1.29, 1.82) is 0 Å². The molecule has 0 radical (unpaired) electrons. The first-order valence-corrected chi connectivity index (χ1v) is 6.91. The molecular weight excluding hydrogens is 262 g/mol. The molecule has 19 heavy (non-hydrogen) atoms. The summed E-state index contributed by atoms with van der Waals surface area (Å²) in [5, 5.41) is 9.36. The Morgan fingerprint density at radius 2 is 2.26 bits per heavy atom. The van der Waals surface area contributed by atoms with E-state index in [0.717, 1.165) is 6.42 Å². The maximum atomic E-state index is 11.9. The number of thiophene rings is 1. The topological polar surface area (TPSA) is 73.9 Å². The van der Waals surface area contributed by atoms with Crippen molar-refractivity contribution in [3.05, 3.63) is 34.0 Å². The molecule has 2 aromatic rings. The minimum absolute atomic E-state index is 0.122. The molecule has 0 spiro atoms. The number of carbonyl (C=O) groups is 1. The molecule has 7 heteroatoms. The van der Waals surface area contributed by atoms with Gasteiger partial charge in [0.15, 0.2) is 0 Å². The Morgan fingerprint density at radius 3 is 2.89 bits per heavy atom. The third-order valence-electron chi connectivity index (χ3n) is 2.68. The Hall–Kier alpha value is -1.89. The lowest BCUT2D eigenvalue weighted by Crippen LogP contribution is -2.36. The number of aromatic amines is 1. The number of nitrogens with zero attached hydrogens (tertiary/aromatic N) is 3. The van der Waals surface area contributed by atoms with Gasteiger partial charge in [0.05, 0.1) is 13.1 Å². The predicted molar refractivity (Wildman–Crippen MR) is 73.8 cm³/mol. The SMILES string of the molecule is CCc1ccc(CNC(=O)N(C)Cc2ncn[nH]2)s1. The minimum Gasteiger partial charge on any atom is -0.333 e. The van der Waals surface area contributed by atoms with E-state index in [1.807, 2.05) is 0 Å². The van der Waals surface area contributed by atoms with E-state index < -0.39 is 0 Å². The van der Waals surface area contributed by atoms with Crippen LogP contribution in [-0.2, 0) is 19.5 Å². The lowest BCUT2D eigenvalue weighted by Gasteiger charge is -2.16. The number of amides is 2. The molecule has 0 fully saturated rings. The molecule has 6 nitrogen and oxygen atoms in total. The zero-order valence-electron chi connectivity index (χ0n) is 11.0. The number of H-pyrrole nitrogens is 1. The summed E-state index contributed by atoms with van der Waals surface area (Å²) in [4.78, 5) is 19.9. The fourth-order valence-electron chi connectivity index (χ4n) is 1.61. The molecule has 2 aromatic heterocycles. The summed E-state index contributed by atoms with van der Waals surface area (Å²) >= 11 is 1.73. The monoisotopic (exact) mass is 279 g/mol. The molecule has 102 valence electrons. The minimum atomic E-state index is -0.122. The van der Waals surface area contributed by atoms with Crippen molar-refractivity contribution in [2.24, 2.45) is 0 Å². The van der Waals surface area contributed by atoms with E-state index in [2.05, 4.69) is 39.6 Å². The van der Waals surface area contributed by atoms with Gasteiger partial charge in [0.1, 0.15) is 12.2 Å². The Kier molecular flexibility index (Phi) is 4.51. The normalized spacial score (nSPS) is 10.4. The van der Waals surface area contributed by atoms with Crippen LogP contribution in [0.2, 0.25) is 0 Å². The number of carbonyl (C=O) groups excluding carboxylic acids is 1. The van der Waals surface area contributed by atoms with Crippen molar-refractivity contribution >= 4 is 17.4 Å². The maximum Gasteiger partial charge on any atom is 0.317 e. The van der Waals surface area contributed by atoms with E-state index in [1.165, 1.54) is 16.1 Å². The molecular formula is C12H17N5OS. The van der Waals surface area contributed by atoms with Gasteiger partial charge in [-0.3, -0.25) is 5.10 Å². The lowest BCUT2D eigenvalue weighted by atomic mass is 10.3. The number of hydrogen-bond acceptors (Lipinski definition) is 4. The average molecular weight is 279 g/mol. The molecule has 2 N–H and O–H groups in total. The fourth-order valence-corrected chi connectivity index (χ4v) is 2.51. The van der Waals surface area contributed by atoms with Gasteiger partial charge in [0, 0.05) is 16.8 Å². The van der Waals surface area contributed by atoms with Gasteiger partial charge >= 0.3 is 6.03 Å². The third-order valence-corrected chi connectivity index (χ3v) is 3.91. The number of nitrogens with one attached hydrogen (secondary N) is 2. The summed E-state index contributed by atoms with van der Waals surface area (Å²) in [5.41, 5.74) is 0. The van der Waals surface area contributed by atoms with Gasteiger partial charge in [-0.25, -0.2) is 9.78 Å². The van der Waals surface area contributed by atoms with Gasteiger partial charge in [-0.05, 0) is 18.6 Å². The number of aromatic nitrogens is 3. The number of rotatable bonds is 5. The summed E-state index contributed by atoms with van der Waals surface area (Å²) in [5.74, 6) is 0.669. The van der Waals surface area contributed by atoms with Gasteiger partial charge in [0.25, 0.3) is 0 Å². The van der Waals surface area contributed by atoms with Crippen LogP contribution in [0.3, 0.4) is 0 Å². The van der Waals surface area contributed by atoms with E-state index >= 15 is 0 Å². The van der Waals surface area contributed by atoms with Gasteiger partial charge in [-0.1, -0.05) is 6.92 Å². The molecule has 0 aliphatic rings. The molecule has 2 rings (SSSR count). The van der Waals surface area contributed by atoms with Crippen LogP contribution in [0.15, 0.2) is 18.5 Å². The molecule has 0 aliphatic carbocycles. The van der Waals surface area contributed by atoms with Crippen molar-refractivity contribution in [3.63, 3.8) is 0 Å². The highest BCUT2D eigenvalue weighted by atomic mass is 32.1. The largest absolute Gasteiger partial charge is 0.333 e. The second-order valence-corrected chi connectivity index (χ2v) is 5.42. The molecule has 0 unspecified atom stereocenters. The molecule has 0 aromatic carbocycles. The highest BCUT2D eigenvalue weighted by Gasteiger charge is 2.10. The highest BCUT2D eigenvalue weighted by Crippen LogP contribution is 2.16.